The van der Waals surface area contributed by atoms with Crippen LogP contribution in [0.1, 0.15) is 32.3 Å². The zero-order valence-corrected chi connectivity index (χ0v) is 13.1. The number of rotatable bonds is 3. The van der Waals surface area contributed by atoms with Gasteiger partial charge in [0.15, 0.2) is 5.17 Å². The average Bonchev–Trinajstić information content (AvgIpc) is 2.35. The van der Waals surface area contributed by atoms with Crippen LogP contribution in [-0.2, 0) is 14.8 Å². The van der Waals surface area contributed by atoms with Gasteiger partial charge in [-0.1, -0.05) is 31.7 Å². The molecule has 0 unspecified atom stereocenters. The van der Waals surface area contributed by atoms with E-state index >= 15 is 0 Å². The molecule has 0 amide bonds. The van der Waals surface area contributed by atoms with Gasteiger partial charge in [-0.3, -0.25) is 4.79 Å². The number of amidine groups is 1. The SMILES string of the molecule is CC(=O)CSC1=NS(=O)(=O)c2cc(C(C)C)ccc2N1. The zero-order chi connectivity index (χ0) is 14.9. The molecular weight excluding hydrogens is 296 g/mol. The van der Waals surface area contributed by atoms with Crippen molar-refractivity contribution in [1.29, 1.82) is 0 Å². The van der Waals surface area contributed by atoms with E-state index in [1.54, 1.807) is 12.1 Å². The van der Waals surface area contributed by atoms with E-state index in [0.717, 1.165) is 17.3 Å². The topological polar surface area (TPSA) is 75.6 Å². The molecule has 1 aliphatic rings. The molecule has 0 saturated carbocycles. The highest BCUT2D eigenvalue weighted by Gasteiger charge is 2.25. The Bertz CT molecular complexity index is 679. The van der Waals surface area contributed by atoms with Crippen molar-refractivity contribution in [2.75, 3.05) is 11.1 Å². The third-order valence-corrected chi connectivity index (χ3v) is 5.26. The molecule has 0 saturated heterocycles. The second-order valence-electron chi connectivity index (χ2n) is 4.90. The Morgan fingerprint density at radius 1 is 1.40 bits per heavy atom. The number of benzene rings is 1. The van der Waals surface area contributed by atoms with Crippen LogP contribution in [0.15, 0.2) is 27.5 Å². The van der Waals surface area contributed by atoms with E-state index in [2.05, 4.69) is 9.71 Å². The number of ketones is 1. The summed E-state index contributed by atoms with van der Waals surface area (Å²) in [6, 6.07) is 5.29. The first-order valence-electron chi connectivity index (χ1n) is 6.18. The van der Waals surface area contributed by atoms with E-state index < -0.39 is 10.0 Å². The minimum Gasteiger partial charge on any atom is -0.333 e. The van der Waals surface area contributed by atoms with Gasteiger partial charge in [0.1, 0.15) is 10.7 Å². The lowest BCUT2D eigenvalue weighted by Crippen LogP contribution is -2.20. The number of nitrogens with one attached hydrogen (secondary N) is 1. The smallest absolute Gasteiger partial charge is 0.286 e. The standard InChI is InChI=1S/C13H16N2O3S2/c1-8(2)10-4-5-11-12(6-10)20(17,18)15-13(14-11)19-7-9(3)16/h4-6,8H,7H2,1-3H3,(H,14,15). The van der Waals surface area contributed by atoms with Gasteiger partial charge in [-0.15, -0.1) is 4.40 Å². The highest BCUT2D eigenvalue weighted by atomic mass is 32.2. The molecule has 1 aromatic rings. The maximum Gasteiger partial charge on any atom is 0.286 e. The van der Waals surface area contributed by atoms with E-state index in [1.807, 2.05) is 19.9 Å². The van der Waals surface area contributed by atoms with Crippen LogP contribution in [-0.4, -0.2) is 25.1 Å². The van der Waals surface area contributed by atoms with Gasteiger partial charge in [0.25, 0.3) is 10.0 Å². The number of Topliss-reactive ketones (excluding diaryl/α,β-unsaturated/α-hetero) is 1. The van der Waals surface area contributed by atoms with Crippen LogP contribution >= 0.6 is 11.8 Å². The lowest BCUT2D eigenvalue weighted by atomic mass is 10.0. The van der Waals surface area contributed by atoms with Crippen molar-refractivity contribution in [3.63, 3.8) is 0 Å². The van der Waals surface area contributed by atoms with Crippen molar-refractivity contribution >= 4 is 38.4 Å². The van der Waals surface area contributed by atoms with Crippen molar-refractivity contribution in [2.45, 2.75) is 31.6 Å². The van der Waals surface area contributed by atoms with Gasteiger partial charge in [0.05, 0.1) is 11.4 Å². The normalized spacial score (nSPS) is 16.3. The van der Waals surface area contributed by atoms with Crippen molar-refractivity contribution in [3.8, 4) is 0 Å². The minimum absolute atomic E-state index is 0.0298. The minimum atomic E-state index is -3.70. The Balaban J connectivity index is 2.37. The van der Waals surface area contributed by atoms with Crippen LogP contribution in [0.4, 0.5) is 5.69 Å². The van der Waals surface area contributed by atoms with E-state index in [0.29, 0.717) is 5.69 Å². The lowest BCUT2D eigenvalue weighted by Gasteiger charge is -2.19. The van der Waals surface area contributed by atoms with Crippen LogP contribution in [0.2, 0.25) is 0 Å². The highest BCUT2D eigenvalue weighted by molar-refractivity contribution is 8.15. The van der Waals surface area contributed by atoms with Crippen LogP contribution in [0.5, 0.6) is 0 Å². The molecule has 0 fully saturated rings. The number of anilines is 1. The molecule has 108 valence electrons. The van der Waals surface area contributed by atoms with E-state index in [4.69, 9.17) is 0 Å². The van der Waals surface area contributed by atoms with Gasteiger partial charge in [-0.2, -0.15) is 8.42 Å². The van der Waals surface area contributed by atoms with Crippen molar-refractivity contribution < 1.29 is 13.2 Å². The van der Waals surface area contributed by atoms with E-state index in [-0.39, 0.29) is 27.5 Å². The Morgan fingerprint density at radius 2 is 2.10 bits per heavy atom. The quantitative estimate of drug-likeness (QED) is 0.928. The largest absolute Gasteiger partial charge is 0.333 e. The summed E-state index contributed by atoms with van der Waals surface area (Å²) in [6.45, 7) is 5.46. The first-order chi connectivity index (χ1) is 9.29. The maximum atomic E-state index is 12.2. The summed E-state index contributed by atoms with van der Waals surface area (Å²) in [5, 5.41) is 3.20. The van der Waals surface area contributed by atoms with Crippen LogP contribution in [0.25, 0.3) is 0 Å². The Labute approximate surface area is 122 Å². The molecule has 5 nitrogen and oxygen atoms in total. The molecule has 7 heteroatoms. The number of nitrogens with zero attached hydrogens (tertiary/aromatic N) is 1. The summed E-state index contributed by atoms with van der Waals surface area (Å²) >= 11 is 1.09. The zero-order valence-electron chi connectivity index (χ0n) is 11.5. The Kier molecular flexibility index (Phi) is 4.19. The molecule has 0 aliphatic carbocycles. The molecular formula is C13H16N2O3S2. The fraction of sp³-hybridized carbons (Fsp3) is 0.385. The van der Waals surface area contributed by atoms with Crippen molar-refractivity contribution in [3.05, 3.63) is 23.8 Å². The first-order valence-corrected chi connectivity index (χ1v) is 8.60. The molecule has 20 heavy (non-hydrogen) atoms. The Hall–Kier alpha value is -1.34. The molecule has 0 atom stereocenters. The summed E-state index contributed by atoms with van der Waals surface area (Å²) in [6.07, 6.45) is 0. The second-order valence-corrected chi connectivity index (χ2v) is 7.43. The number of thioether (sulfide) groups is 1. The molecule has 1 aliphatic heterocycles. The lowest BCUT2D eigenvalue weighted by molar-refractivity contribution is -0.114. The molecule has 0 spiro atoms. The molecule has 0 radical (unpaired) electrons. The fourth-order valence-electron chi connectivity index (χ4n) is 1.74. The van der Waals surface area contributed by atoms with Gasteiger partial charge < -0.3 is 5.32 Å². The van der Waals surface area contributed by atoms with Crippen molar-refractivity contribution in [1.82, 2.24) is 0 Å². The summed E-state index contributed by atoms with van der Waals surface area (Å²) in [5.74, 6) is 0.409. The van der Waals surface area contributed by atoms with Gasteiger partial charge in [-0.25, -0.2) is 0 Å². The van der Waals surface area contributed by atoms with Crippen LogP contribution in [0, 0.1) is 0 Å². The third kappa shape index (κ3) is 3.21. The number of carbonyl (C=O) groups excluding carboxylic acids is 1. The summed E-state index contributed by atoms with van der Waals surface area (Å²) in [5.41, 5.74) is 1.46. The third-order valence-electron chi connectivity index (χ3n) is 2.81. The predicted octanol–water partition coefficient (Wildman–Crippen LogP) is 2.60. The number of sulfonamides is 1. The average molecular weight is 312 g/mol. The monoisotopic (exact) mass is 312 g/mol. The molecule has 0 aromatic heterocycles. The molecule has 1 N–H and O–H groups in total. The van der Waals surface area contributed by atoms with Gasteiger partial charge >= 0.3 is 0 Å². The molecule has 1 aromatic carbocycles. The summed E-state index contributed by atoms with van der Waals surface area (Å²) < 4.78 is 28.1. The Morgan fingerprint density at radius 3 is 2.70 bits per heavy atom. The molecule has 1 heterocycles. The second kappa shape index (κ2) is 5.57. The van der Waals surface area contributed by atoms with Gasteiger partial charge in [-0.05, 0) is 30.5 Å². The number of fused-ring (bicyclic) bond motifs is 1. The maximum absolute atomic E-state index is 12.2. The van der Waals surface area contributed by atoms with Gasteiger partial charge in [0, 0.05) is 0 Å². The van der Waals surface area contributed by atoms with Crippen LogP contribution < -0.4 is 5.32 Å². The molecule has 2 rings (SSSR count). The van der Waals surface area contributed by atoms with Gasteiger partial charge in [0.2, 0.25) is 0 Å². The number of carbonyl (C=O) groups is 1. The van der Waals surface area contributed by atoms with E-state index in [1.165, 1.54) is 6.92 Å². The van der Waals surface area contributed by atoms with E-state index in [9.17, 15) is 13.2 Å². The summed E-state index contributed by atoms with van der Waals surface area (Å²) in [4.78, 5) is 11.2. The first kappa shape index (κ1) is 15.1. The summed E-state index contributed by atoms with van der Waals surface area (Å²) in [7, 11) is -3.70. The fourth-order valence-corrected chi connectivity index (χ4v) is 3.82. The highest BCUT2D eigenvalue weighted by Crippen LogP contribution is 2.32. The molecule has 0 bridgehead atoms. The number of hydrogen-bond donors (Lipinski definition) is 1. The predicted molar refractivity (Wildman–Crippen MR) is 81.9 cm³/mol. The van der Waals surface area contributed by atoms with Crippen LogP contribution in [0.3, 0.4) is 0 Å². The van der Waals surface area contributed by atoms with Crippen molar-refractivity contribution in [2.24, 2.45) is 4.40 Å². The number of hydrogen-bond acceptors (Lipinski definition) is 5.